The van der Waals surface area contributed by atoms with Gasteiger partial charge in [-0.2, -0.15) is 7.05 Å². The Balaban J connectivity index is 2.10. The van der Waals surface area contributed by atoms with Gasteiger partial charge < -0.3 is 4.90 Å². The largest absolute Gasteiger partial charge is 0.463 e. The molecule has 2 heteroatoms. The molecule has 1 N–H and O–H groups in total. The van der Waals surface area contributed by atoms with Gasteiger partial charge in [-0.3, -0.25) is 4.90 Å². The maximum atomic E-state index is 4.04. The summed E-state index contributed by atoms with van der Waals surface area (Å²) in [4.78, 5) is 3.96. The third kappa shape index (κ3) is 0.700. The lowest BCUT2D eigenvalue weighted by Crippen LogP contribution is -3.11. The smallest absolute Gasteiger partial charge is 0.0781 e. The molecule has 2 aliphatic heterocycles. The molecule has 0 radical (unpaired) electrons. The van der Waals surface area contributed by atoms with Gasteiger partial charge in [0.05, 0.1) is 18.6 Å². The van der Waals surface area contributed by atoms with Crippen LogP contribution in [0, 0.1) is 7.05 Å². The highest BCUT2D eigenvalue weighted by atomic mass is 15.3. The van der Waals surface area contributed by atoms with Crippen molar-refractivity contribution in [3.05, 3.63) is 7.05 Å². The molecule has 0 aromatic heterocycles. The normalized spacial score (nSPS) is 50.7. The van der Waals surface area contributed by atoms with E-state index in [0.29, 0.717) is 0 Å². The lowest BCUT2D eigenvalue weighted by atomic mass is 10.2. The molecular formula is C7H14N2. The van der Waals surface area contributed by atoms with E-state index in [1.807, 2.05) is 0 Å². The van der Waals surface area contributed by atoms with Gasteiger partial charge in [0, 0.05) is 13.0 Å². The molecule has 2 nitrogen and oxygen atoms in total. The van der Waals surface area contributed by atoms with Crippen molar-refractivity contribution in [3.8, 4) is 0 Å². The Morgan fingerprint density at radius 2 is 2.44 bits per heavy atom. The number of fused-ring (bicyclic) bond motifs is 2. The first kappa shape index (κ1) is 5.69. The van der Waals surface area contributed by atoms with Crippen LogP contribution in [-0.2, 0) is 0 Å². The van der Waals surface area contributed by atoms with E-state index in [9.17, 15) is 0 Å². The Morgan fingerprint density at radius 1 is 1.67 bits per heavy atom. The second-order valence-corrected chi connectivity index (χ2v) is 3.39. The number of quaternary nitrogens is 1. The number of likely N-dealkylation sites (tertiary alicyclic amines) is 2. The van der Waals surface area contributed by atoms with Crippen LogP contribution in [0.4, 0.5) is 0 Å². The quantitative estimate of drug-likeness (QED) is 0.398. The van der Waals surface area contributed by atoms with Crippen LogP contribution in [-0.4, -0.2) is 37.1 Å². The van der Waals surface area contributed by atoms with Gasteiger partial charge in [0.1, 0.15) is 0 Å². The number of nitrogens with zero attached hydrogens (tertiary/aromatic N) is 1. The highest BCUT2D eigenvalue weighted by Gasteiger charge is 2.40. The lowest BCUT2D eigenvalue weighted by Gasteiger charge is -2.30. The van der Waals surface area contributed by atoms with Gasteiger partial charge in [-0.1, -0.05) is 0 Å². The van der Waals surface area contributed by atoms with Crippen molar-refractivity contribution in [2.75, 3.05) is 20.1 Å². The molecule has 2 fully saturated rings. The molecule has 2 bridgehead atoms. The summed E-state index contributed by atoms with van der Waals surface area (Å²) >= 11 is 0. The molecule has 0 spiro atoms. The number of hydrogen-bond acceptors (Lipinski definition) is 1. The number of piperazine rings is 1. The van der Waals surface area contributed by atoms with Gasteiger partial charge in [-0.05, 0) is 7.05 Å². The van der Waals surface area contributed by atoms with Gasteiger partial charge in [0.2, 0.25) is 0 Å². The topological polar surface area (TPSA) is 7.68 Å². The Hall–Kier alpha value is -0.0800. The zero-order valence-corrected chi connectivity index (χ0v) is 5.93. The minimum atomic E-state index is 0.847. The molecular weight excluding hydrogens is 112 g/mol. The van der Waals surface area contributed by atoms with E-state index in [2.05, 4.69) is 19.0 Å². The summed E-state index contributed by atoms with van der Waals surface area (Å²) in [5, 5.41) is 0. The standard InChI is InChI=1S/C7H14N2/c1-8-4-7-3-6(8)5-9(7)2/h6-8H,1,3-5H2,2H3. The maximum absolute atomic E-state index is 4.04. The second kappa shape index (κ2) is 1.70. The molecule has 52 valence electrons. The van der Waals surface area contributed by atoms with Crippen molar-refractivity contribution in [2.45, 2.75) is 18.5 Å². The van der Waals surface area contributed by atoms with E-state index in [1.165, 1.54) is 24.4 Å². The third-order valence-electron chi connectivity index (χ3n) is 2.76. The molecule has 2 heterocycles. The summed E-state index contributed by atoms with van der Waals surface area (Å²) in [5.74, 6) is 0. The second-order valence-electron chi connectivity index (χ2n) is 3.39. The van der Waals surface area contributed by atoms with E-state index in [4.69, 9.17) is 0 Å². The van der Waals surface area contributed by atoms with Crippen LogP contribution in [0.25, 0.3) is 0 Å². The van der Waals surface area contributed by atoms with Crippen LogP contribution in [0.2, 0.25) is 0 Å². The summed E-state index contributed by atoms with van der Waals surface area (Å²) < 4.78 is 0. The highest BCUT2D eigenvalue weighted by Crippen LogP contribution is 2.16. The predicted molar refractivity (Wildman–Crippen MR) is 36.0 cm³/mol. The maximum Gasteiger partial charge on any atom is 0.0781 e. The Bertz CT molecular complexity index is 106. The van der Waals surface area contributed by atoms with Gasteiger partial charge in [0.25, 0.3) is 0 Å². The molecule has 3 atom stereocenters. The van der Waals surface area contributed by atoms with E-state index in [0.717, 1.165) is 12.1 Å². The average Bonchev–Trinajstić information content (AvgIpc) is 2.24. The Morgan fingerprint density at radius 3 is 2.78 bits per heavy atom. The Labute approximate surface area is 56.4 Å². The van der Waals surface area contributed by atoms with Crippen molar-refractivity contribution in [2.24, 2.45) is 0 Å². The van der Waals surface area contributed by atoms with Crippen LogP contribution >= 0.6 is 0 Å². The number of nitrogens with one attached hydrogen (secondary N) is 1. The van der Waals surface area contributed by atoms with Crippen molar-refractivity contribution in [3.63, 3.8) is 0 Å². The third-order valence-corrected chi connectivity index (χ3v) is 2.76. The predicted octanol–water partition coefficient (Wildman–Crippen LogP) is -1.25. The van der Waals surface area contributed by atoms with Crippen LogP contribution in [0.3, 0.4) is 0 Å². The van der Waals surface area contributed by atoms with Crippen LogP contribution in [0.5, 0.6) is 0 Å². The van der Waals surface area contributed by atoms with Crippen molar-refractivity contribution in [1.82, 2.24) is 4.90 Å². The van der Waals surface area contributed by atoms with E-state index in [-0.39, 0.29) is 0 Å². The fourth-order valence-electron chi connectivity index (χ4n) is 2.08. The lowest BCUT2D eigenvalue weighted by molar-refractivity contribution is -0.871. The first-order valence-corrected chi connectivity index (χ1v) is 3.65. The molecule has 2 saturated heterocycles. The SMILES string of the molecule is [CH2-][NH+]1CC2CC1CN2C. The molecule has 0 amide bonds. The van der Waals surface area contributed by atoms with Gasteiger partial charge in [-0.25, -0.2) is 0 Å². The minimum Gasteiger partial charge on any atom is -0.463 e. The minimum absolute atomic E-state index is 0.847. The summed E-state index contributed by atoms with van der Waals surface area (Å²) in [7, 11) is 6.26. The van der Waals surface area contributed by atoms with Crippen LogP contribution in [0.1, 0.15) is 6.42 Å². The number of hydrogen-bond donors (Lipinski definition) is 1. The number of rotatable bonds is 0. The summed E-state index contributed by atoms with van der Waals surface area (Å²) in [5.41, 5.74) is 0. The van der Waals surface area contributed by atoms with E-state index < -0.39 is 0 Å². The van der Waals surface area contributed by atoms with Gasteiger partial charge >= 0.3 is 0 Å². The van der Waals surface area contributed by atoms with Gasteiger partial charge in [-0.15, -0.1) is 0 Å². The van der Waals surface area contributed by atoms with Crippen LogP contribution in [0.15, 0.2) is 0 Å². The van der Waals surface area contributed by atoms with Crippen molar-refractivity contribution >= 4 is 0 Å². The molecule has 3 unspecified atom stereocenters. The van der Waals surface area contributed by atoms with Crippen LogP contribution < -0.4 is 4.90 Å². The average molecular weight is 126 g/mol. The molecule has 0 aliphatic carbocycles. The van der Waals surface area contributed by atoms with Crippen molar-refractivity contribution < 1.29 is 4.90 Å². The zero-order chi connectivity index (χ0) is 6.43. The fraction of sp³-hybridized carbons (Fsp3) is 0.857. The van der Waals surface area contributed by atoms with E-state index >= 15 is 0 Å². The summed E-state index contributed by atoms with van der Waals surface area (Å²) in [6.07, 6.45) is 1.38. The van der Waals surface area contributed by atoms with E-state index in [1.54, 1.807) is 0 Å². The first-order valence-electron chi connectivity index (χ1n) is 3.65. The summed E-state index contributed by atoms with van der Waals surface area (Å²) in [6, 6.07) is 1.70. The molecule has 9 heavy (non-hydrogen) atoms. The molecule has 0 saturated carbocycles. The zero-order valence-electron chi connectivity index (χ0n) is 5.93. The fourth-order valence-corrected chi connectivity index (χ4v) is 2.08. The monoisotopic (exact) mass is 126 g/mol. The Kier molecular flexibility index (Phi) is 1.08. The molecule has 0 aromatic rings. The summed E-state index contributed by atoms with van der Waals surface area (Å²) in [6.45, 7) is 2.53. The first-order chi connectivity index (χ1) is 4.27. The van der Waals surface area contributed by atoms with Gasteiger partial charge in [0.15, 0.2) is 0 Å². The molecule has 2 aliphatic rings. The molecule has 2 rings (SSSR count). The molecule has 0 aromatic carbocycles. The highest BCUT2D eigenvalue weighted by molar-refractivity contribution is 4.87. The van der Waals surface area contributed by atoms with Crippen molar-refractivity contribution in [1.29, 1.82) is 0 Å². The number of likely N-dealkylation sites (N-methyl/N-ethyl adjacent to an activating group) is 1.